The molecule has 2 aromatic heterocycles. The lowest BCUT2D eigenvalue weighted by Gasteiger charge is -2.23. The number of benzene rings is 1. The van der Waals surface area contributed by atoms with Gasteiger partial charge in [-0.1, -0.05) is 12.1 Å². The Morgan fingerprint density at radius 3 is 2.89 bits per heavy atom. The number of hydrogen-bond donors (Lipinski definition) is 5. The maximum absolute atomic E-state index is 12.3. The quantitative estimate of drug-likeness (QED) is 0.326. The second-order valence-corrected chi connectivity index (χ2v) is 8.24. The molecule has 0 saturated carbocycles. The van der Waals surface area contributed by atoms with Crippen LogP contribution in [0.1, 0.15) is 18.4 Å². The van der Waals surface area contributed by atoms with E-state index in [0.717, 1.165) is 48.3 Å². The number of rotatable bonds is 7. The molecule has 0 spiro atoms. The lowest BCUT2D eigenvalue weighted by atomic mass is 10.1. The first-order chi connectivity index (χ1) is 16.8. The van der Waals surface area contributed by atoms with Gasteiger partial charge in [0.2, 0.25) is 0 Å². The van der Waals surface area contributed by atoms with E-state index in [9.17, 15) is 18.0 Å². The summed E-state index contributed by atoms with van der Waals surface area (Å²) in [7, 11) is 0. The number of halogens is 3. The standard InChI is InChI=1S/C24H26F3N7O/c25-24(26,27)15-32-23(35)33-19-4-1-3-17(9-19)21-14-31-22-10-16(6-8-34(21)22)18(11-28)12-30-20-5-2-7-29-13-20/h1,3-4,6,8-12,14,20,28-30H,2,5,7,13,15H2,(H2,32,33,35)/b18-12+,28-11?. The van der Waals surface area contributed by atoms with Crippen LogP contribution < -0.4 is 21.3 Å². The monoisotopic (exact) mass is 485 g/mol. The molecule has 0 bridgehead atoms. The zero-order valence-electron chi connectivity index (χ0n) is 18.8. The van der Waals surface area contributed by atoms with E-state index in [1.165, 1.54) is 6.21 Å². The highest BCUT2D eigenvalue weighted by Gasteiger charge is 2.27. The molecule has 1 atom stereocenters. The smallest absolute Gasteiger partial charge is 0.386 e. The van der Waals surface area contributed by atoms with Gasteiger partial charge in [-0.3, -0.25) is 4.40 Å². The average Bonchev–Trinajstić information content (AvgIpc) is 3.27. The molecule has 1 saturated heterocycles. The van der Waals surface area contributed by atoms with Gasteiger partial charge in [0.25, 0.3) is 0 Å². The van der Waals surface area contributed by atoms with Gasteiger partial charge in [-0.15, -0.1) is 0 Å². The largest absolute Gasteiger partial charge is 0.405 e. The number of piperidine rings is 1. The van der Waals surface area contributed by atoms with Crippen molar-refractivity contribution in [2.24, 2.45) is 0 Å². The Kier molecular flexibility index (Phi) is 7.35. The van der Waals surface area contributed by atoms with Crippen molar-refractivity contribution in [3.8, 4) is 11.3 Å². The summed E-state index contributed by atoms with van der Waals surface area (Å²) in [5, 5.41) is 18.8. The van der Waals surface area contributed by atoms with Gasteiger partial charge in [0.05, 0.1) is 11.9 Å². The number of urea groups is 1. The number of carbonyl (C=O) groups excluding carboxylic acids is 1. The van der Waals surface area contributed by atoms with E-state index < -0.39 is 18.8 Å². The van der Waals surface area contributed by atoms with Crippen molar-refractivity contribution in [1.82, 2.24) is 25.3 Å². The van der Waals surface area contributed by atoms with Gasteiger partial charge in [0.1, 0.15) is 12.2 Å². The van der Waals surface area contributed by atoms with Crippen LogP contribution in [0.2, 0.25) is 0 Å². The molecule has 1 fully saturated rings. The highest BCUT2D eigenvalue weighted by molar-refractivity contribution is 6.08. The number of fused-ring (bicyclic) bond motifs is 1. The minimum absolute atomic E-state index is 0.330. The number of nitrogens with one attached hydrogen (secondary N) is 5. The van der Waals surface area contributed by atoms with Crippen molar-refractivity contribution in [1.29, 1.82) is 5.41 Å². The first-order valence-electron chi connectivity index (χ1n) is 11.2. The van der Waals surface area contributed by atoms with Crippen LogP contribution in [0.15, 0.2) is 55.0 Å². The van der Waals surface area contributed by atoms with Gasteiger partial charge >= 0.3 is 12.2 Å². The van der Waals surface area contributed by atoms with Crippen LogP contribution in [-0.2, 0) is 0 Å². The Balaban J connectivity index is 1.50. The number of pyridine rings is 1. The number of alkyl halides is 3. The number of aromatic nitrogens is 2. The molecule has 3 aromatic rings. The van der Waals surface area contributed by atoms with Crippen LogP contribution in [0.5, 0.6) is 0 Å². The van der Waals surface area contributed by atoms with Crippen LogP contribution in [0.4, 0.5) is 23.7 Å². The van der Waals surface area contributed by atoms with Crippen LogP contribution in [0.25, 0.3) is 22.5 Å². The maximum atomic E-state index is 12.3. The molecule has 0 radical (unpaired) electrons. The Morgan fingerprint density at radius 1 is 1.29 bits per heavy atom. The molecule has 4 rings (SSSR count). The van der Waals surface area contributed by atoms with Crippen LogP contribution >= 0.6 is 0 Å². The Bertz CT molecular complexity index is 1230. The summed E-state index contributed by atoms with van der Waals surface area (Å²) in [4.78, 5) is 16.3. The summed E-state index contributed by atoms with van der Waals surface area (Å²) in [6.07, 6.45) is 4.41. The molecule has 1 aliphatic heterocycles. The number of nitrogens with zero attached hydrogens (tertiary/aromatic N) is 2. The van der Waals surface area contributed by atoms with E-state index in [0.29, 0.717) is 17.4 Å². The third-order valence-electron chi connectivity index (χ3n) is 5.64. The predicted molar refractivity (Wildman–Crippen MR) is 129 cm³/mol. The summed E-state index contributed by atoms with van der Waals surface area (Å²) in [6.45, 7) is 0.512. The molecule has 2 amide bonds. The lowest BCUT2D eigenvalue weighted by Crippen LogP contribution is -2.41. The van der Waals surface area contributed by atoms with Crippen LogP contribution in [-0.4, -0.2) is 53.5 Å². The summed E-state index contributed by atoms with van der Waals surface area (Å²) in [5.74, 6) is 0. The molecule has 8 nitrogen and oxygen atoms in total. The lowest BCUT2D eigenvalue weighted by molar-refractivity contribution is -0.122. The summed E-state index contributed by atoms with van der Waals surface area (Å²) in [5.41, 5.74) is 4.08. The number of carbonyl (C=O) groups is 1. The molecule has 11 heteroatoms. The fourth-order valence-electron chi connectivity index (χ4n) is 3.90. The Labute approximate surface area is 200 Å². The van der Waals surface area contributed by atoms with E-state index in [1.807, 2.05) is 35.0 Å². The predicted octanol–water partition coefficient (Wildman–Crippen LogP) is 4.02. The summed E-state index contributed by atoms with van der Waals surface area (Å²) < 4.78 is 38.8. The highest BCUT2D eigenvalue weighted by Crippen LogP contribution is 2.25. The van der Waals surface area contributed by atoms with Crippen molar-refractivity contribution >= 4 is 29.2 Å². The van der Waals surface area contributed by atoms with Crippen molar-refractivity contribution in [3.63, 3.8) is 0 Å². The molecular formula is C24H26F3N7O. The van der Waals surface area contributed by atoms with Crippen molar-refractivity contribution in [2.75, 3.05) is 25.0 Å². The molecule has 5 N–H and O–H groups in total. The van der Waals surface area contributed by atoms with Gasteiger partial charge in [0, 0.05) is 48.0 Å². The van der Waals surface area contributed by atoms with Crippen molar-refractivity contribution in [3.05, 3.63) is 60.6 Å². The second-order valence-electron chi connectivity index (χ2n) is 8.24. The third-order valence-corrected chi connectivity index (χ3v) is 5.64. The van der Waals surface area contributed by atoms with Crippen molar-refractivity contribution in [2.45, 2.75) is 25.1 Å². The number of hydrogen-bond acceptors (Lipinski definition) is 5. The van der Waals surface area contributed by atoms with E-state index in [4.69, 9.17) is 5.41 Å². The number of imidazole rings is 1. The molecule has 1 unspecified atom stereocenters. The molecule has 0 aliphatic carbocycles. The maximum Gasteiger partial charge on any atom is 0.405 e. The summed E-state index contributed by atoms with van der Waals surface area (Å²) >= 11 is 0. The molecular weight excluding hydrogens is 459 g/mol. The third kappa shape index (κ3) is 6.38. The fraction of sp³-hybridized carbons (Fsp3) is 0.292. The van der Waals surface area contributed by atoms with E-state index in [2.05, 4.69) is 20.9 Å². The van der Waals surface area contributed by atoms with Crippen LogP contribution in [0, 0.1) is 5.41 Å². The number of amides is 2. The first-order valence-corrected chi connectivity index (χ1v) is 11.2. The normalized spacial score (nSPS) is 16.7. The molecule has 3 heterocycles. The number of anilines is 1. The molecule has 35 heavy (non-hydrogen) atoms. The first kappa shape index (κ1) is 24.3. The summed E-state index contributed by atoms with van der Waals surface area (Å²) in [6, 6.07) is 9.94. The van der Waals surface area contributed by atoms with E-state index >= 15 is 0 Å². The van der Waals surface area contributed by atoms with Gasteiger partial charge in [-0.25, -0.2) is 9.78 Å². The van der Waals surface area contributed by atoms with Gasteiger partial charge in [0.15, 0.2) is 0 Å². The molecule has 184 valence electrons. The second kappa shape index (κ2) is 10.6. The minimum atomic E-state index is -4.48. The van der Waals surface area contributed by atoms with Crippen molar-refractivity contribution < 1.29 is 18.0 Å². The van der Waals surface area contributed by atoms with Gasteiger partial charge < -0.3 is 26.7 Å². The van der Waals surface area contributed by atoms with Gasteiger partial charge in [-0.05, 0) is 49.2 Å². The number of allylic oxidation sites excluding steroid dienone is 1. The Morgan fingerprint density at radius 2 is 2.14 bits per heavy atom. The Hall–Kier alpha value is -3.86. The minimum Gasteiger partial charge on any atom is -0.386 e. The van der Waals surface area contributed by atoms with E-state index in [1.54, 1.807) is 29.7 Å². The fourth-order valence-corrected chi connectivity index (χ4v) is 3.90. The van der Waals surface area contributed by atoms with E-state index in [-0.39, 0.29) is 0 Å². The SMILES string of the molecule is N=C/C(=C\NC1CCCNC1)c1ccn2c(-c3cccc(NC(=O)NCC(F)(F)F)c3)cnc2c1. The molecule has 1 aromatic carbocycles. The molecule has 1 aliphatic rings. The zero-order valence-corrected chi connectivity index (χ0v) is 18.8. The van der Waals surface area contributed by atoms with Crippen LogP contribution in [0.3, 0.4) is 0 Å². The topological polar surface area (TPSA) is 106 Å². The van der Waals surface area contributed by atoms with Gasteiger partial charge in [-0.2, -0.15) is 13.2 Å². The highest BCUT2D eigenvalue weighted by atomic mass is 19.4. The zero-order chi connectivity index (χ0) is 24.8. The average molecular weight is 486 g/mol.